The predicted octanol–water partition coefficient (Wildman–Crippen LogP) is 4.13. The van der Waals surface area contributed by atoms with Gasteiger partial charge in [0.25, 0.3) is 0 Å². The Balaban J connectivity index is 2.29. The zero-order chi connectivity index (χ0) is 15.4. The molecule has 2 rings (SSSR count). The Morgan fingerprint density at radius 1 is 1.19 bits per heavy atom. The van der Waals surface area contributed by atoms with E-state index in [9.17, 15) is 8.78 Å². The quantitative estimate of drug-likeness (QED) is 0.896. The second kappa shape index (κ2) is 6.87. The summed E-state index contributed by atoms with van der Waals surface area (Å²) in [7, 11) is 3.21. The van der Waals surface area contributed by atoms with Gasteiger partial charge in [0.1, 0.15) is 17.4 Å². The molecule has 5 heteroatoms. The number of hydrogen-bond acceptors (Lipinski definition) is 2. The van der Waals surface area contributed by atoms with Gasteiger partial charge in [-0.2, -0.15) is 0 Å². The van der Waals surface area contributed by atoms with Crippen LogP contribution in [0.2, 0.25) is 5.02 Å². The molecule has 2 aromatic carbocycles. The van der Waals surface area contributed by atoms with Gasteiger partial charge in [-0.25, -0.2) is 8.78 Å². The zero-order valence-electron chi connectivity index (χ0n) is 11.8. The summed E-state index contributed by atoms with van der Waals surface area (Å²) < 4.78 is 32.4. The van der Waals surface area contributed by atoms with Crippen LogP contribution in [0, 0.1) is 11.6 Å². The number of nitrogens with one attached hydrogen (secondary N) is 1. The van der Waals surface area contributed by atoms with Crippen LogP contribution in [0.4, 0.5) is 8.78 Å². The highest BCUT2D eigenvalue weighted by Crippen LogP contribution is 2.27. The average Bonchev–Trinajstić information content (AvgIpc) is 2.48. The lowest BCUT2D eigenvalue weighted by Crippen LogP contribution is -2.20. The molecular weight excluding hydrogens is 296 g/mol. The maximum absolute atomic E-state index is 14.1. The molecule has 21 heavy (non-hydrogen) atoms. The third-order valence-electron chi connectivity index (χ3n) is 3.36. The maximum Gasteiger partial charge on any atom is 0.131 e. The average molecular weight is 312 g/mol. The van der Waals surface area contributed by atoms with Crippen molar-refractivity contribution in [2.24, 2.45) is 0 Å². The van der Waals surface area contributed by atoms with Gasteiger partial charge in [-0.05, 0) is 43.3 Å². The summed E-state index contributed by atoms with van der Waals surface area (Å²) in [6.07, 6.45) is 0.385. The number of ether oxygens (including phenoxy) is 1. The topological polar surface area (TPSA) is 21.3 Å². The molecule has 0 aliphatic heterocycles. The summed E-state index contributed by atoms with van der Waals surface area (Å²) in [4.78, 5) is 0. The number of hydrogen-bond donors (Lipinski definition) is 1. The van der Waals surface area contributed by atoms with Gasteiger partial charge in [-0.1, -0.05) is 17.7 Å². The molecule has 0 aliphatic rings. The molecule has 0 fully saturated rings. The van der Waals surface area contributed by atoms with Gasteiger partial charge >= 0.3 is 0 Å². The number of methoxy groups -OCH3 is 1. The van der Waals surface area contributed by atoms with Gasteiger partial charge in [-0.15, -0.1) is 0 Å². The Hall–Kier alpha value is -1.65. The molecule has 0 aromatic heterocycles. The van der Waals surface area contributed by atoms with Crippen molar-refractivity contribution >= 4 is 11.6 Å². The van der Waals surface area contributed by atoms with Crippen LogP contribution in [0.15, 0.2) is 36.4 Å². The van der Waals surface area contributed by atoms with Crippen LogP contribution in [0.5, 0.6) is 5.75 Å². The normalized spacial score (nSPS) is 12.2. The van der Waals surface area contributed by atoms with Gasteiger partial charge in [-0.3, -0.25) is 0 Å². The Morgan fingerprint density at radius 3 is 2.57 bits per heavy atom. The van der Waals surface area contributed by atoms with Crippen molar-refractivity contribution in [2.75, 3.05) is 14.2 Å². The van der Waals surface area contributed by atoms with Crippen LogP contribution in [0.1, 0.15) is 17.2 Å². The third-order valence-corrected chi connectivity index (χ3v) is 3.73. The number of halogens is 3. The van der Waals surface area contributed by atoms with Crippen molar-refractivity contribution in [3.8, 4) is 5.75 Å². The zero-order valence-corrected chi connectivity index (χ0v) is 12.5. The first-order valence-electron chi connectivity index (χ1n) is 6.49. The minimum absolute atomic E-state index is 0.310. The largest absolute Gasteiger partial charge is 0.497 e. The number of likely N-dealkylation sites (N-methyl/N-ethyl adjacent to an activating group) is 1. The van der Waals surface area contributed by atoms with Gasteiger partial charge in [0.05, 0.1) is 7.11 Å². The van der Waals surface area contributed by atoms with Gasteiger partial charge in [0.15, 0.2) is 0 Å². The van der Waals surface area contributed by atoms with E-state index < -0.39 is 0 Å². The van der Waals surface area contributed by atoms with Crippen molar-refractivity contribution in [3.63, 3.8) is 0 Å². The van der Waals surface area contributed by atoms with Crippen LogP contribution in [-0.2, 0) is 6.42 Å². The molecular formula is C16H16ClF2NO. The minimum atomic E-state index is -0.374. The Morgan fingerprint density at radius 2 is 1.95 bits per heavy atom. The Bertz CT molecular complexity index is 634. The minimum Gasteiger partial charge on any atom is -0.497 e. The van der Waals surface area contributed by atoms with E-state index in [0.29, 0.717) is 28.3 Å². The maximum atomic E-state index is 14.1. The molecule has 0 bridgehead atoms. The lowest BCUT2D eigenvalue weighted by molar-refractivity contribution is 0.409. The molecule has 0 saturated heterocycles. The van der Waals surface area contributed by atoms with E-state index in [-0.39, 0.29) is 17.7 Å². The van der Waals surface area contributed by atoms with Crippen molar-refractivity contribution < 1.29 is 13.5 Å². The van der Waals surface area contributed by atoms with E-state index in [1.165, 1.54) is 31.4 Å². The monoisotopic (exact) mass is 311 g/mol. The van der Waals surface area contributed by atoms with Gasteiger partial charge in [0, 0.05) is 22.7 Å². The van der Waals surface area contributed by atoms with Crippen molar-refractivity contribution in [1.82, 2.24) is 5.32 Å². The first-order valence-corrected chi connectivity index (χ1v) is 6.87. The highest BCUT2D eigenvalue weighted by molar-refractivity contribution is 6.31. The Labute approximate surface area is 127 Å². The highest BCUT2D eigenvalue weighted by Gasteiger charge is 2.17. The lowest BCUT2D eigenvalue weighted by atomic mass is 9.98. The fourth-order valence-corrected chi connectivity index (χ4v) is 2.40. The van der Waals surface area contributed by atoms with E-state index >= 15 is 0 Å². The van der Waals surface area contributed by atoms with Crippen molar-refractivity contribution in [2.45, 2.75) is 12.5 Å². The van der Waals surface area contributed by atoms with Crippen LogP contribution in [0.3, 0.4) is 0 Å². The van der Waals surface area contributed by atoms with Crippen LogP contribution < -0.4 is 10.1 Å². The molecule has 0 radical (unpaired) electrons. The number of benzene rings is 2. The van der Waals surface area contributed by atoms with E-state index in [1.54, 1.807) is 19.2 Å². The first kappa shape index (κ1) is 15.7. The van der Waals surface area contributed by atoms with Crippen LogP contribution in [0.25, 0.3) is 0 Å². The van der Waals surface area contributed by atoms with Gasteiger partial charge in [0.2, 0.25) is 0 Å². The molecule has 0 spiro atoms. The molecule has 112 valence electrons. The highest BCUT2D eigenvalue weighted by atomic mass is 35.5. The molecule has 1 unspecified atom stereocenters. The van der Waals surface area contributed by atoms with E-state index in [4.69, 9.17) is 16.3 Å². The summed E-state index contributed by atoms with van der Waals surface area (Å²) in [6.45, 7) is 0. The molecule has 0 heterocycles. The smallest absolute Gasteiger partial charge is 0.131 e. The van der Waals surface area contributed by atoms with Crippen molar-refractivity contribution in [3.05, 3.63) is 64.2 Å². The first-order chi connectivity index (χ1) is 10.0. The van der Waals surface area contributed by atoms with Crippen LogP contribution >= 0.6 is 11.6 Å². The number of rotatable bonds is 5. The molecule has 1 N–H and O–H groups in total. The SMILES string of the molecule is CNC(Cc1cc(F)ccc1Cl)c1ccc(OC)cc1F. The second-order valence-electron chi connectivity index (χ2n) is 4.67. The van der Waals surface area contributed by atoms with Crippen molar-refractivity contribution in [1.29, 1.82) is 0 Å². The van der Waals surface area contributed by atoms with Crippen LogP contribution in [-0.4, -0.2) is 14.2 Å². The fraction of sp³-hybridized carbons (Fsp3) is 0.250. The molecule has 0 aliphatic carbocycles. The molecule has 0 amide bonds. The molecule has 1 atom stereocenters. The molecule has 2 nitrogen and oxygen atoms in total. The standard InChI is InChI=1S/C16H16ClF2NO/c1-20-16(8-10-7-11(18)3-6-14(10)17)13-5-4-12(21-2)9-15(13)19/h3-7,9,16,20H,8H2,1-2H3. The molecule has 2 aromatic rings. The van der Waals surface area contributed by atoms with E-state index in [1.807, 2.05) is 0 Å². The summed E-state index contributed by atoms with van der Waals surface area (Å²) in [6, 6.07) is 8.53. The van der Waals surface area contributed by atoms with E-state index in [0.717, 1.165) is 0 Å². The molecule has 0 saturated carbocycles. The lowest BCUT2D eigenvalue weighted by Gasteiger charge is -2.18. The summed E-state index contributed by atoms with van der Waals surface area (Å²) in [5.41, 5.74) is 1.12. The predicted molar refractivity (Wildman–Crippen MR) is 79.9 cm³/mol. The second-order valence-corrected chi connectivity index (χ2v) is 5.08. The third kappa shape index (κ3) is 3.71. The summed E-state index contributed by atoms with van der Waals surface area (Å²) in [5.74, 6) is -0.282. The fourth-order valence-electron chi connectivity index (χ4n) is 2.20. The summed E-state index contributed by atoms with van der Waals surface area (Å²) >= 11 is 6.06. The van der Waals surface area contributed by atoms with Gasteiger partial charge < -0.3 is 10.1 Å². The summed E-state index contributed by atoms with van der Waals surface area (Å²) in [5, 5.41) is 3.49. The van der Waals surface area contributed by atoms with E-state index in [2.05, 4.69) is 5.32 Å². The Kier molecular flexibility index (Phi) is 5.15.